The van der Waals surface area contributed by atoms with Crippen LogP contribution in [0.4, 0.5) is 0 Å². The number of hydrogen-bond donors (Lipinski definition) is 0. The van der Waals surface area contributed by atoms with E-state index in [2.05, 4.69) is 24.3 Å². The maximum absolute atomic E-state index is 13.0. The van der Waals surface area contributed by atoms with Crippen molar-refractivity contribution in [2.45, 2.75) is 19.4 Å². The third kappa shape index (κ3) is 4.89. The van der Waals surface area contributed by atoms with Gasteiger partial charge in [0.2, 0.25) is 0 Å². The summed E-state index contributed by atoms with van der Waals surface area (Å²) in [5.41, 5.74) is 3.82. The van der Waals surface area contributed by atoms with Gasteiger partial charge in [-0.15, -0.1) is 0 Å². The molecule has 31 heavy (non-hydrogen) atoms. The summed E-state index contributed by atoms with van der Waals surface area (Å²) in [6.45, 7) is 2.15. The van der Waals surface area contributed by atoms with Gasteiger partial charge in [0, 0.05) is 17.5 Å². The molecule has 0 N–H and O–H groups in total. The lowest BCUT2D eigenvalue weighted by Gasteiger charge is -2.16. The van der Waals surface area contributed by atoms with Crippen molar-refractivity contribution in [3.8, 4) is 0 Å². The second-order valence-electron chi connectivity index (χ2n) is 7.32. The summed E-state index contributed by atoms with van der Waals surface area (Å²) in [5.74, 6) is -0.306. The van der Waals surface area contributed by atoms with Crippen LogP contribution in [0.15, 0.2) is 108 Å². The fourth-order valence-corrected chi connectivity index (χ4v) is 3.76. The van der Waals surface area contributed by atoms with Crippen LogP contribution in [-0.4, -0.2) is 24.3 Å². The minimum atomic E-state index is -0.638. The highest BCUT2D eigenvalue weighted by Crippen LogP contribution is 2.22. The lowest BCUT2D eigenvalue weighted by molar-refractivity contribution is -0.144. The Hall–Kier alpha value is -3.72. The molecule has 4 aromatic carbocycles. The van der Waals surface area contributed by atoms with Crippen LogP contribution in [0.2, 0.25) is 0 Å². The molecule has 0 bridgehead atoms. The van der Waals surface area contributed by atoms with Gasteiger partial charge in [-0.2, -0.15) is 0 Å². The van der Waals surface area contributed by atoms with Gasteiger partial charge in [0.1, 0.15) is 0 Å². The van der Waals surface area contributed by atoms with E-state index in [1.54, 1.807) is 0 Å². The number of carbonyl (C=O) groups excluding carboxylic acids is 1. The van der Waals surface area contributed by atoms with Gasteiger partial charge in [-0.25, -0.2) is 4.79 Å². The second-order valence-corrected chi connectivity index (χ2v) is 7.32. The largest absolute Gasteiger partial charge is 0.464 e. The third-order valence-electron chi connectivity index (χ3n) is 5.23. The van der Waals surface area contributed by atoms with Crippen molar-refractivity contribution in [3.63, 3.8) is 0 Å². The van der Waals surface area contributed by atoms with Gasteiger partial charge in [-0.3, -0.25) is 4.99 Å². The molecule has 3 heteroatoms. The highest BCUT2D eigenvalue weighted by molar-refractivity contribution is 6.13. The Morgan fingerprint density at radius 3 is 2.00 bits per heavy atom. The molecule has 3 nitrogen and oxygen atoms in total. The predicted molar refractivity (Wildman–Crippen MR) is 127 cm³/mol. The van der Waals surface area contributed by atoms with E-state index in [0.29, 0.717) is 13.0 Å². The molecule has 0 aliphatic carbocycles. The lowest BCUT2D eigenvalue weighted by Crippen LogP contribution is -2.26. The summed E-state index contributed by atoms with van der Waals surface area (Å²) in [7, 11) is 0. The average Bonchev–Trinajstić information content (AvgIpc) is 2.83. The van der Waals surface area contributed by atoms with Crippen molar-refractivity contribution in [2.75, 3.05) is 6.61 Å². The molecule has 0 aliphatic heterocycles. The first-order chi connectivity index (χ1) is 15.3. The summed E-state index contributed by atoms with van der Waals surface area (Å²) < 4.78 is 5.41. The van der Waals surface area contributed by atoms with Gasteiger partial charge in [-0.1, -0.05) is 103 Å². The molecule has 1 atom stereocenters. The zero-order valence-electron chi connectivity index (χ0n) is 17.6. The summed E-state index contributed by atoms with van der Waals surface area (Å²) >= 11 is 0. The van der Waals surface area contributed by atoms with Crippen molar-refractivity contribution < 1.29 is 9.53 Å². The minimum absolute atomic E-state index is 0.306. The van der Waals surface area contributed by atoms with Gasteiger partial charge in [0.25, 0.3) is 0 Å². The molecule has 0 saturated carbocycles. The second kappa shape index (κ2) is 9.86. The standard InChI is InChI=1S/C28H25NO2/c1-2-31-28(30)26(20-24-18-11-17-21-12-9-10-19-25(21)24)29-27(22-13-5-3-6-14-22)23-15-7-4-8-16-23/h3-19,26H,2,20H2,1H3/t26-/m1/s1. The maximum Gasteiger partial charge on any atom is 0.331 e. The molecule has 0 saturated heterocycles. The van der Waals surface area contributed by atoms with E-state index in [9.17, 15) is 4.79 Å². The molecule has 4 aromatic rings. The normalized spacial score (nSPS) is 11.6. The molecule has 0 aromatic heterocycles. The van der Waals surface area contributed by atoms with Crippen molar-refractivity contribution in [1.29, 1.82) is 0 Å². The van der Waals surface area contributed by atoms with Gasteiger partial charge in [0.05, 0.1) is 12.3 Å². The van der Waals surface area contributed by atoms with E-state index in [1.165, 1.54) is 0 Å². The van der Waals surface area contributed by atoms with E-state index in [1.807, 2.05) is 85.8 Å². The van der Waals surface area contributed by atoms with Crippen molar-refractivity contribution in [3.05, 3.63) is 120 Å². The molecule has 0 amide bonds. The quantitative estimate of drug-likeness (QED) is 0.285. The van der Waals surface area contributed by atoms with Crippen molar-refractivity contribution in [2.24, 2.45) is 4.99 Å². The molecule has 0 spiro atoms. The van der Waals surface area contributed by atoms with Crippen LogP contribution in [0.3, 0.4) is 0 Å². The molecule has 0 unspecified atom stereocenters. The molecular formula is C28H25NO2. The van der Waals surface area contributed by atoms with E-state index in [4.69, 9.17) is 9.73 Å². The Labute approximate surface area is 183 Å². The van der Waals surface area contributed by atoms with E-state index in [0.717, 1.165) is 33.2 Å². The number of esters is 1. The average molecular weight is 408 g/mol. The number of ether oxygens (including phenoxy) is 1. The molecular weight excluding hydrogens is 382 g/mol. The molecule has 0 radical (unpaired) electrons. The highest BCUT2D eigenvalue weighted by atomic mass is 16.5. The smallest absolute Gasteiger partial charge is 0.331 e. The number of carbonyl (C=O) groups is 1. The van der Waals surface area contributed by atoms with Gasteiger partial charge < -0.3 is 4.74 Å². The summed E-state index contributed by atoms with van der Waals surface area (Å²) in [6.07, 6.45) is 0.476. The van der Waals surface area contributed by atoms with Gasteiger partial charge in [0.15, 0.2) is 6.04 Å². The first kappa shape index (κ1) is 20.5. The molecule has 4 rings (SSSR count). The Bertz CT molecular complexity index is 1140. The number of fused-ring (bicyclic) bond motifs is 1. The van der Waals surface area contributed by atoms with Crippen LogP contribution in [-0.2, 0) is 16.0 Å². The fraction of sp³-hybridized carbons (Fsp3) is 0.143. The number of hydrogen-bond acceptors (Lipinski definition) is 3. The zero-order valence-corrected chi connectivity index (χ0v) is 17.6. The Morgan fingerprint density at radius 2 is 1.35 bits per heavy atom. The maximum atomic E-state index is 13.0. The molecule has 0 fully saturated rings. The van der Waals surface area contributed by atoms with Crippen molar-refractivity contribution >= 4 is 22.5 Å². The predicted octanol–water partition coefficient (Wildman–Crippen LogP) is 5.85. The number of nitrogens with zero attached hydrogens (tertiary/aromatic N) is 1. The highest BCUT2D eigenvalue weighted by Gasteiger charge is 2.22. The number of benzene rings is 4. The van der Waals surface area contributed by atoms with E-state index >= 15 is 0 Å². The fourth-order valence-electron chi connectivity index (χ4n) is 3.76. The summed E-state index contributed by atoms with van der Waals surface area (Å²) in [4.78, 5) is 17.9. The topological polar surface area (TPSA) is 38.7 Å². The van der Waals surface area contributed by atoms with Crippen LogP contribution in [0.25, 0.3) is 10.8 Å². The first-order valence-corrected chi connectivity index (χ1v) is 10.6. The first-order valence-electron chi connectivity index (χ1n) is 10.6. The lowest BCUT2D eigenvalue weighted by atomic mass is 9.97. The number of rotatable bonds is 7. The Balaban J connectivity index is 1.80. The van der Waals surface area contributed by atoms with Crippen LogP contribution in [0.5, 0.6) is 0 Å². The van der Waals surface area contributed by atoms with Crippen molar-refractivity contribution in [1.82, 2.24) is 0 Å². The molecule has 0 aliphatic rings. The van der Waals surface area contributed by atoms with Gasteiger partial charge in [-0.05, 0) is 23.3 Å². The number of aliphatic imine (C=N–C) groups is 1. The summed E-state index contributed by atoms with van der Waals surface area (Å²) in [5, 5.41) is 2.29. The Kier molecular flexibility index (Phi) is 6.53. The minimum Gasteiger partial charge on any atom is -0.464 e. The van der Waals surface area contributed by atoms with E-state index < -0.39 is 6.04 Å². The monoisotopic (exact) mass is 407 g/mol. The third-order valence-corrected chi connectivity index (χ3v) is 5.23. The molecule has 0 heterocycles. The summed E-state index contributed by atoms with van der Waals surface area (Å²) in [6, 6.07) is 33.7. The van der Waals surface area contributed by atoms with Crippen LogP contribution in [0.1, 0.15) is 23.6 Å². The van der Waals surface area contributed by atoms with Crippen LogP contribution >= 0.6 is 0 Å². The Morgan fingerprint density at radius 1 is 0.774 bits per heavy atom. The SMILES string of the molecule is CCOC(=O)[C@@H](Cc1cccc2ccccc12)N=C(c1ccccc1)c1ccccc1. The van der Waals surface area contributed by atoms with Gasteiger partial charge >= 0.3 is 5.97 Å². The van der Waals surface area contributed by atoms with E-state index in [-0.39, 0.29) is 5.97 Å². The van der Waals surface area contributed by atoms with Crippen LogP contribution in [0, 0.1) is 0 Å². The van der Waals surface area contributed by atoms with Crippen LogP contribution < -0.4 is 0 Å². The molecule has 154 valence electrons. The zero-order chi connectivity index (χ0) is 21.5.